The minimum Gasteiger partial charge on any atom is -0.435 e. The molecule has 2 fully saturated rings. The van der Waals surface area contributed by atoms with Crippen molar-refractivity contribution in [2.24, 2.45) is 5.92 Å². The van der Waals surface area contributed by atoms with E-state index in [-0.39, 0.29) is 27.8 Å². The van der Waals surface area contributed by atoms with Crippen LogP contribution in [0.4, 0.5) is 27.6 Å². The fourth-order valence-electron chi connectivity index (χ4n) is 6.45. The number of rotatable bonds is 8. The van der Waals surface area contributed by atoms with Crippen LogP contribution in [0.1, 0.15) is 52.9 Å². The Morgan fingerprint density at radius 2 is 1.80 bits per heavy atom. The molecule has 1 saturated carbocycles. The van der Waals surface area contributed by atoms with Crippen molar-refractivity contribution >= 4 is 33.4 Å². The van der Waals surface area contributed by atoms with E-state index in [1.54, 1.807) is 23.9 Å². The molecule has 1 atom stereocenters. The molecular weight excluding hydrogens is 625 g/mol. The number of hydrogen-bond donors (Lipinski definition) is 1. The number of carbonyl (C=O) groups excluding carboxylic acids is 1. The van der Waals surface area contributed by atoms with Crippen molar-refractivity contribution in [3.8, 4) is 5.75 Å². The molecule has 1 aliphatic carbocycles. The molecule has 1 amide bonds. The highest BCUT2D eigenvalue weighted by atomic mass is 32.2. The van der Waals surface area contributed by atoms with Gasteiger partial charge in [-0.15, -0.1) is 0 Å². The second-order valence-corrected chi connectivity index (χ2v) is 14.2. The summed E-state index contributed by atoms with van der Waals surface area (Å²) in [5, 5.41) is 2.54. The number of ether oxygens (including phenoxy) is 1. The van der Waals surface area contributed by atoms with Crippen molar-refractivity contribution in [3.05, 3.63) is 83.2 Å². The van der Waals surface area contributed by atoms with Gasteiger partial charge in [-0.1, -0.05) is 0 Å². The van der Waals surface area contributed by atoms with Gasteiger partial charge in [-0.05, 0) is 103 Å². The number of carbonyl (C=O) groups is 1. The monoisotopic (exact) mass is 653 g/mol. The van der Waals surface area contributed by atoms with Gasteiger partial charge in [0, 0.05) is 17.2 Å². The molecule has 234 valence electrons. The van der Waals surface area contributed by atoms with Gasteiger partial charge in [0.15, 0.2) is 0 Å². The fourth-order valence-corrected chi connectivity index (χ4v) is 9.47. The largest absolute Gasteiger partial charge is 0.435 e. The summed E-state index contributed by atoms with van der Waals surface area (Å²) in [7, 11) is -4.16. The number of halogens is 5. The Hall–Kier alpha value is -3.39. The second-order valence-electron chi connectivity index (χ2n) is 11.1. The van der Waals surface area contributed by atoms with E-state index in [0.717, 1.165) is 36.0 Å². The van der Waals surface area contributed by atoms with Crippen LogP contribution in [0.2, 0.25) is 0 Å². The first-order valence-corrected chi connectivity index (χ1v) is 16.6. The third-order valence-electron chi connectivity index (χ3n) is 8.52. The van der Waals surface area contributed by atoms with Crippen molar-refractivity contribution in [3.63, 3.8) is 0 Å². The van der Waals surface area contributed by atoms with Crippen LogP contribution >= 0.6 is 11.8 Å². The zero-order chi connectivity index (χ0) is 31.3. The standard InChI is InChI=1S/C30H28F5N3O4S2/c31-28(32)42-20-6-8-21(9-7-20)44(40,41)38-25-10-5-19(27(39)37-17-24-22(30(33,34)35)2-1-13-36-24)16-23(25)29(11-14-43-15-12-29)26(38)18-3-4-18/h1-2,5-10,13,16,18,26,28H,3-4,11-12,14-15,17H2,(H,37,39). The number of aromatic nitrogens is 1. The number of hydrogen-bond acceptors (Lipinski definition) is 6. The quantitative estimate of drug-likeness (QED) is 0.284. The van der Waals surface area contributed by atoms with Crippen LogP contribution < -0.4 is 14.4 Å². The number of nitrogens with one attached hydrogen (secondary N) is 1. The van der Waals surface area contributed by atoms with Crippen LogP contribution in [0.5, 0.6) is 5.75 Å². The first kappa shape index (κ1) is 30.6. The van der Waals surface area contributed by atoms with E-state index in [0.29, 0.717) is 18.5 Å². The third kappa shape index (κ3) is 5.62. The molecule has 0 radical (unpaired) electrons. The molecule has 0 bridgehead atoms. The lowest BCUT2D eigenvalue weighted by Gasteiger charge is -2.41. The van der Waals surface area contributed by atoms with Crippen molar-refractivity contribution in [1.82, 2.24) is 10.3 Å². The maximum Gasteiger partial charge on any atom is 0.418 e. The number of amides is 1. The van der Waals surface area contributed by atoms with Gasteiger partial charge in [-0.25, -0.2) is 8.42 Å². The predicted octanol–water partition coefficient (Wildman–Crippen LogP) is 6.38. The molecule has 3 heterocycles. The van der Waals surface area contributed by atoms with Crippen LogP contribution in [0.3, 0.4) is 0 Å². The van der Waals surface area contributed by atoms with E-state index in [9.17, 15) is 35.2 Å². The molecule has 7 nitrogen and oxygen atoms in total. The molecule has 1 spiro atoms. The lowest BCUT2D eigenvalue weighted by molar-refractivity contribution is -0.138. The first-order chi connectivity index (χ1) is 20.9. The van der Waals surface area contributed by atoms with Crippen molar-refractivity contribution in [2.75, 3.05) is 15.8 Å². The molecule has 6 rings (SSSR count). The zero-order valence-electron chi connectivity index (χ0n) is 23.2. The summed E-state index contributed by atoms with van der Waals surface area (Å²) < 4.78 is 100.0. The van der Waals surface area contributed by atoms with E-state index in [4.69, 9.17) is 0 Å². The molecule has 14 heteroatoms. The van der Waals surface area contributed by atoms with Gasteiger partial charge in [0.1, 0.15) is 5.75 Å². The van der Waals surface area contributed by atoms with Gasteiger partial charge in [0.05, 0.1) is 34.4 Å². The van der Waals surface area contributed by atoms with Gasteiger partial charge >= 0.3 is 12.8 Å². The third-order valence-corrected chi connectivity index (χ3v) is 11.3. The Balaban J connectivity index is 1.36. The maximum atomic E-state index is 14.2. The van der Waals surface area contributed by atoms with Crippen LogP contribution in [0.15, 0.2) is 65.7 Å². The summed E-state index contributed by atoms with van der Waals surface area (Å²) in [6.07, 6.45) is -0.334. The van der Waals surface area contributed by atoms with Crippen LogP contribution in [0.25, 0.3) is 0 Å². The number of sulfonamides is 1. The summed E-state index contributed by atoms with van der Waals surface area (Å²) in [6.45, 7) is -3.49. The maximum absolute atomic E-state index is 14.2. The number of pyridine rings is 1. The van der Waals surface area contributed by atoms with Gasteiger partial charge in [0.2, 0.25) is 0 Å². The Kier molecular flexibility index (Phi) is 8.02. The zero-order valence-corrected chi connectivity index (χ0v) is 24.8. The fraction of sp³-hybridized carbons (Fsp3) is 0.400. The minimum atomic E-state index is -4.63. The van der Waals surface area contributed by atoms with Crippen LogP contribution in [-0.4, -0.2) is 43.5 Å². The Labute approximate surface area is 255 Å². The molecule has 2 aliphatic heterocycles. The number of nitrogens with zero attached hydrogens (tertiary/aromatic N) is 2. The van der Waals surface area contributed by atoms with Crippen molar-refractivity contribution in [1.29, 1.82) is 0 Å². The number of benzene rings is 2. The lowest BCUT2D eigenvalue weighted by atomic mass is 9.70. The summed E-state index contributed by atoms with van der Waals surface area (Å²) in [6, 6.07) is 11.3. The normalized spacial score (nSPS) is 19.7. The van der Waals surface area contributed by atoms with Crippen LogP contribution in [-0.2, 0) is 28.2 Å². The van der Waals surface area contributed by atoms with E-state index in [2.05, 4.69) is 15.0 Å². The molecule has 1 unspecified atom stereocenters. The smallest absolute Gasteiger partial charge is 0.418 e. The Morgan fingerprint density at radius 1 is 1.09 bits per heavy atom. The number of thioether (sulfide) groups is 1. The first-order valence-electron chi connectivity index (χ1n) is 14.0. The molecule has 1 N–H and O–H groups in total. The average Bonchev–Trinajstić information content (AvgIpc) is 3.79. The lowest BCUT2D eigenvalue weighted by Crippen LogP contribution is -2.50. The Morgan fingerprint density at radius 3 is 2.43 bits per heavy atom. The molecule has 2 aromatic carbocycles. The van der Waals surface area contributed by atoms with Gasteiger partial charge in [-0.2, -0.15) is 33.7 Å². The average molecular weight is 654 g/mol. The van der Waals surface area contributed by atoms with Crippen molar-refractivity contribution in [2.45, 2.75) is 61.4 Å². The van der Waals surface area contributed by atoms with Gasteiger partial charge < -0.3 is 10.1 Å². The molecule has 44 heavy (non-hydrogen) atoms. The summed E-state index contributed by atoms with van der Waals surface area (Å²) in [5.74, 6) is 0.928. The number of fused-ring (bicyclic) bond motifs is 2. The summed E-state index contributed by atoms with van der Waals surface area (Å²) in [5.41, 5.74) is -0.442. The van der Waals surface area contributed by atoms with Gasteiger partial charge in [0.25, 0.3) is 15.9 Å². The predicted molar refractivity (Wildman–Crippen MR) is 154 cm³/mol. The van der Waals surface area contributed by atoms with Crippen molar-refractivity contribution < 1.29 is 39.9 Å². The molecule has 1 saturated heterocycles. The van der Waals surface area contributed by atoms with E-state index in [1.807, 2.05) is 0 Å². The van der Waals surface area contributed by atoms with E-state index >= 15 is 0 Å². The number of anilines is 1. The highest BCUT2D eigenvalue weighted by Gasteiger charge is 2.59. The van der Waals surface area contributed by atoms with Crippen LogP contribution in [0, 0.1) is 5.92 Å². The second kappa shape index (κ2) is 11.5. The SMILES string of the molecule is O=C(NCc1ncccc1C(F)(F)F)c1ccc2c(c1)C1(CCSCC1)C(C1CC1)N2S(=O)(=O)c1ccc(OC(F)F)cc1. The molecule has 3 aromatic rings. The van der Waals surface area contributed by atoms with E-state index in [1.165, 1.54) is 46.9 Å². The minimum absolute atomic E-state index is 0.0735. The molecular formula is C30H28F5N3O4S2. The topological polar surface area (TPSA) is 88.6 Å². The number of alkyl halides is 5. The Bertz CT molecular complexity index is 1660. The summed E-state index contributed by atoms with van der Waals surface area (Å²) >= 11 is 1.77. The van der Waals surface area contributed by atoms with Gasteiger partial charge in [-0.3, -0.25) is 14.1 Å². The molecule has 1 aromatic heterocycles. The van der Waals surface area contributed by atoms with E-state index < -0.39 is 52.3 Å². The summed E-state index contributed by atoms with van der Waals surface area (Å²) in [4.78, 5) is 17.0. The highest BCUT2D eigenvalue weighted by molar-refractivity contribution is 7.99. The highest BCUT2D eigenvalue weighted by Crippen LogP contribution is 2.59. The molecule has 3 aliphatic rings.